The van der Waals surface area contributed by atoms with E-state index in [0.29, 0.717) is 17.3 Å². The maximum absolute atomic E-state index is 15.0. The minimum atomic E-state index is -4.60. The van der Waals surface area contributed by atoms with Gasteiger partial charge in [0.25, 0.3) is 12.3 Å². The van der Waals surface area contributed by atoms with Crippen LogP contribution in [0.3, 0.4) is 0 Å². The summed E-state index contributed by atoms with van der Waals surface area (Å²) >= 11 is 6.45. The first-order valence-corrected chi connectivity index (χ1v) is 17.7. The number of rotatable bonds is 12. The molecule has 18 heteroatoms. The van der Waals surface area contributed by atoms with E-state index in [9.17, 15) is 31.5 Å². The van der Waals surface area contributed by atoms with Gasteiger partial charge in [-0.2, -0.15) is 33.3 Å². The molecule has 2 fully saturated rings. The van der Waals surface area contributed by atoms with E-state index >= 15 is 0 Å². The Morgan fingerprint density at radius 3 is 2.39 bits per heavy atom. The summed E-state index contributed by atoms with van der Waals surface area (Å²) in [5.74, 6) is -2.68. The SMILES string of the molecule is CC(C)(C)C[C@]1(c2ccc(-c3cnn(C4CC4)n3)cc2)N=C(N)N([C@H](COC(=O)CC2(C(F)(F)F)CC2)c2ccc(Cl)c(-n3ncnc3C(F)F)c2)C1=O. The number of aromatic nitrogens is 6. The van der Waals surface area contributed by atoms with Gasteiger partial charge in [0.15, 0.2) is 17.3 Å². The number of nitrogens with two attached hydrogens (primary N) is 1. The highest BCUT2D eigenvalue weighted by molar-refractivity contribution is 6.32. The minimum Gasteiger partial charge on any atom is -0.463 e. The molecule has 0 spiro atoms. The molecule has 4 aromatic rings. The number of nitrogens with zero attached hydrogens (tertiary/aromatic N) is 8. The van der Waals surface area contributed by atoms with Gasteiger partial charge in [-0.15, -0.1) is 0 Å². The molecule has 3 heterocycles. The van der Waals surface area contributed by atoms with Crippen LogP contribution in [-0.2, 0) is 19.9 Å². The third-order valence-electron chi connectivity index (χ3n) is 9.96. The van der Waals surface area contributed by atoms with E-state index in [0.717, 1.165) is 34.3 Å². The maximum Gasteiger partial charge on any atom is 0.395 e. The Labute approximate surface area is 311 Å². The van der Waals surface area contributed by atoms with Crippen molar-refractivity contribution in [2.24, 2.45) is 21.6 Å². The summed E-state index contributed by atoms with van der Waals surface area (Å²) in [6, 6.07) is 10.3. The number of esters is 1. The Hall–Kier alpha value is -4.93. The van der Waals surface area contributed by atoms with Crippen LogP contribution in [0.1, 0.15) is 94.8 Å². The molecule has 2 saturated carbocycles. The lowest BCUT2D eigenvalue weighted by Crippen LogP contribution is -2.47. The van der Waals surface area contributed by atoms with Gasteiger partial charge >= 0.3 is 12.1 Å². The van der Waals surface area contributed by atoms with Crippen LogP contribution >= 0.6 is 11.6 Å². The van der Waals surface area contributed by atoms with Gasteiger partial charge in [0.05, 0.1) is 40.8 Å². The van der Waals surface area contributed by atoms with Gasteiger partial charge in [-0.3, -0.25) is 14.5 Å². The normalized spacial score (nSPS) is 20.4. The first-order chi connectivity index (χ1) is 25.4. The van der Waals surface area contributed by atoms with Crippen molar-refractivity contribution in [1.82, 2.24) is 34.7 Å². The largest absolute Gasteiger partial charge is 0.463 e. The molecule has 0 saturated heterocycles. The number of ether oxygens (including phenoxy) is 1. The molecule has 12 nitrogen and oxygen atoms in total. The molecule has 7 rings (SSSR count). The first-order valence-electron chi connectivity index (χ1n) is 17.3. The second kappa shape index (κ2) is 13.4. The van der Waals surface area contributed by atoms with Crippen LogP contribution in [0.2, 0.25) is 5.02 Å². The molecule has 1 amide bonds. The van der Waals surface area contributed by atoms with Crippen molar-refractivity contribution in [2.45, 2.75) is 89.5 Å². The number of alkyl halides is 5. The van der Waals surface area contributed by atoms with E-state index in [4.69, 9.17) is 27.1 Å². The van der Waals surface area contributed by atoms with Crippen LogP contribution < -0.4 is 5.73 Å². The smallest absolute Gasteiger partial charge is 0.395 e. The molecule has 2 aromatic carbocycles. The predicted molar refractivity (Wildman–Crippen MR) is 185 cm³/mol. The van der Waals surface area contributed by atoms with E-state index < -0.39 is 65.7 Å². The molecule has 2 aliphatic carbocycles. The summed E-state index contributed by atoms with van der Waals surface area (Å²) < 4.78 is 75.2. The first kappa shape index (κ1) is 37.4. The lowest BCUT2D eigenvalue weighted by molar-refractivity contribution is -0.195. The zero-order chi connectivity index (χ0) is 38.8. The average Bonchev–Trinajstić information content (AvgIpc) is 3.97. The Balaban J connectivity index is 1.26. The molecular weight excluding hydrogens is 737 g/mol. The number of halogens is 6. The topological polar surface area (TPSA) is 146 Å². The van der Waals surface area contributed by atoms with Crippen molar-refractivity contribution < 1.29 is 36.3 Å². The average molecular weight is 774 g/mol. The highest BCUT2D eigenvalue weighted by Gasteiger charge is 2.64. The fourth-order valence-corrected chi connectivity index (χ4v) is 7.09. The highest BCUT2D eigenvalue weighted by Crippen LogP contribution is 2.60. The molecule has 2 aromatic heterocycles. The number of carbonyl (C=O) groups excluding carboxylic acids is 2. The minimum absolute atomic E-state index is 0.00327. The number of carbonyl (C=O) groups is 2. The molecular formula is C36H37ClF5N9O3. The van der Waals surface area contributed by atoms with Crippen LogP contribution in [0.4, 0.5) is 22.0 Å². The molecule has 2 atom stereocenters. The number of hydrogen-bond donors (Lipinski definition) is 1. The van der Waals surface area contributed by atoms with Crippen molar-refractivity contribution >= 4 is 29.4 Å². The Bertz CT molecular complexity index is 2100. The molecule has 1 aliphatic heterocycles. The second-order valence-electron chi connectivity index (χ2n) is 15.3. The quantitative estimate of drug-likeness (QED) is 0.117. The summed E-state index contributed by atoms with van der Waals surface area (Å²) in [6.07, 6.45) is -4.14. The van der Waals surface area contributed by atoms with Crippen molar-refractivity contribution in [3.63, 3.8) is 0 Å². The molecule has 286 valence electrons. The van der Waals surface area contributed by atoms with Crippen molar-refractivity contribution in [1.29, 1.82) is 0 Å². The summed E-state index contributed by atoms with van der Waals surface area (Å²) in [4.78, 5) is 39.2. The third kappa shape index (κ3) is 7.05. The van der Waals surface area contributed by atoms with Crippen molar-refractivity contribution in [3.8, 4) is 16.9 Å². The van der Waals surface area contributed by atoms with Crippen LogP contribution in [0.15, 0.2) is 60.0 Å². The van der Waals surface area contributed by atoms with E-state index in [2.05, 4.69) is 20.3 Å². The third-order valence-corrected chi connectivity index (χ3v) is 10.3. The fraction of sp³-hybridized carbons (Fsp3) is 0.472. The summed E-state index contributed by atoms with van der Waals surface area (Å²) in [7, 11) is 0. The number of benzene rings is 2. The Morgan fingerprint density at radius 2 is 1.78 bits per heavy atom. The fourth-order valence-electron chi connectivity index (χ4n) is 6.90. The maximum atomic E-state index is 15.0. The van der Waals surface area contributed by atoms with Crippen LogP contribution in [0.25, 0.3) is 16.9 Å². The molecule has 0 bridgehead atoms. The van der Waals surface area contributed by atoms with Gasteiger partial charge in [-0.1, -0.05) is 62.7 Å². The lowest BCUT2D eigenvalue weighted by Gasteiger charge is -2.35. The molecule has 0 radical (unpaired) electrons. The number of hydrogen-bond acceptors (Lipinski definition) is 9. The summed E-state index contributed by atoms with van der Waals surface area (Å²) in [6.45, 7) is 5.15. The molecule has 3 aliphatic rings. The monoisotopic (exact) mass is 773 g/mol. The van der Waals surface area contributed by atoms with Crippen LogP contribution in [0, 0.1) is 10.8 Å². The van der Waals surface area contributed by atoms with Gasteiger partial charge in [0.1, 0.15) is 18.6 Å². The van der Waals surface area contributed by atoms with Crippen LogP contribution in [0.5, 0.6) is 0 Å². The van der Waals surface area contributed by atoms with Gasteiger partial charge in [0, 0.05) is 5.56 Å². The van der Waals surface area contributed by atoms with E-state index in [-0.39, 0.29) is 41.5 Å². The Morgan fingerprint density at radius 1 is 1.07 bits per heavy atom. The van der Waals surface area contributed by atoms with Crippen LogP contribution in [-0.4, -0.2) is 65.3 Å². The zero-order valence-electron chi connectivity index (χ0n) is 29.5. The van der Waals surface area contributed by atoms with Crippen molar-refractivity contribution in [3.05, 3.63) is 77.0 Å². The van der Waals surface area contributed by atoms with E-state index in [1.807, 2.05) is 20.8 Å². The van der Waals surface area contributed by atoms with Gasteiger partial charge < -0.3 is 10.5 Å². The standard InChI is InChI=1S/C36H37ClF5N9O3/c1-33(2,3)18-35(22-7-4-20(5-8-22)25-16-45-51(48-25)23-9-10-23)31(53)49(32(43)47-35)27(17-54-28(52)15-34(12-13-34)36(40,41)42)21-6-11-24(37)26(14-21)50-30(29(38)39)44-19-46-50/h4-8,11,14,16,19,23,27,29H,9-10,12-13,15,17-18H2,1-3H3,(H2,43,47)/t27-,35-/m1/s1. The summed E-state index contributed by atoms with van der Waals surface area (Å²) in [5.41, 5.74) is 4.43. The second-order valence-corrected chi connectivity index (χ2v) is 15.7. The molecule has 54 heavy (non-hydrogen) atoms. The molecule has 2 N–H and O–H groups in total. The van der Waals surface area contributed by atoms with Gasteiger partial charge in [-0.05, 0) is 60.8 Å². The van der Waals surface area contributed by atoms with E-state index in [1.54, 1.807) is 35.3 Å². The van der Waals surface area contributed by atoms with E-state index in [1.165, 1.54) is 18.2 Å². The van der Waals surface area contributed by atoms with Crippen molar-refractivity contribution in [2.75, 3.05) is 6.61 Å². The number of aliphatic imine (C=N–C) groups is 1. The number of amides is 1. The zero-order valence-corrected chi connectivity index (χ0v) is 30.3. The Kier molecular flexibility index (Phi) is 9.29. The lowest BCUT2D eigenvalue weighted by atomic mass is 9.75. The van der Waals surface area contributed by atoms with Gasteiger partial charge in [-0.25, -0.2) is 23.4 Å². The highest BCUT2D eigenvalue weighted by atomic mass is 35.5. The summed E-state index contributed by atoms with van der Waals surface area (Å²) in [5, 5.41) is 12.8. The molecule has 0 unspecified atom stereocenters. The number of guanidine groups is 1. The van der Waals surface area contributed by atoms with Gasteiger partial charge in [0.2, 0.25) is 0 Å². The predicted octanol–water partition coefficient (Wildman–Crippen LogP) is 7.26.